The molecular weight excluding hydrogens is 568 g/mol. The Kier molecular flexibility index (Phi) is 12.0. The van der Waals surface area contributed by atoms with Crippen molar-refractivity contribution in [2.45, 2.75) is 84.7 Å². The summed E-state index contributed by atoms with van der Waals surface area (Å²) in [6.45, 7) is 5.83. The summed E-state index contributed by atoms with van der Waals surface area (Å²) in [5.41, 5.74) is 3.47. The highest BCUT2D eigenvalue weighted by atomic mass is 16.6. The maximum atomic E-state index is 13.0. The Morgan fingerprint density at radius 3 is 2.27 bits per heavy atom. The van der Waals surface area contributed by atoms with Gasteiger partial charge in [0.25, 0.3) is 5.91 Å². The molecule has 0 aromatic heterocycles. The van der Waals surface area contributed by atoms with Gasteiger partial charge in [-0.15, -0.1) is 0 Å². The number of phenols is 1. The number of aliphatic hydroxyl groups is 2. The van der Waals surface area contributed by atoms with Gasteiger partial charge in [-0.1, -0.05) is 75.4 Å². The van der Waals surface area contributed by atoms with Gasteiger partial charge in [0.2, 0.25) is 5.91 Å². The average Bonchev–Trinajstić information content (AvgIpc) is 3.03. The highest BCUT2D eigenvalue weighted by Gasteiger charge is 2.20. The van der Waals surface area contributed by atoms with E-state index >= 15 is 0 Å². The van der Waals surface area contributed by atoms with Gasteiger partial charge in [-0.05, 0) is 73.4 Å². The molecule has 0 aliphatic heterocycles. The second kappa shape index (κ2) is 16.1. The minimum atomic E-state index is -1.58. The van der Waals surface area contributed by atoms with Crippen molar-refractivity contribution in [1.82, 2.24) is 0 Å². The predicted molar refractivity (Wildman–Crippen MR) is 179 cm³/mol. The van der Waals surface area contributed by atoms with Crippen molar-refractivity contribution in [1.29, 1.82) is 0 Å². The zero-order valence-electron chi connectivity index (χ0n) is 26.3. The minimum absolute atomic E-state index is 0.00544. The molecule has 4 rings (SSSR count). The molecule has 4 aromatic rings. The van der Waals surface area contributed by atoms with E-state index in [0.29, 0.717) is 39.9 Å². The van der Waals surface area contributed by atoms with Crippen molar-refractivity contribution >= 4 is 34.0 Å². The van der Waals surface area contributed by atoms with E-state index in [9.17, 15) is 24.9 Å². The number of nitrogens with one attached hydrogen (secondary N) is 1. The van der Waals surface area contributed by atoms with Gasteiger partial charge < -0.3 is 30.3 Å². The number of aryl methyl sites for hydroxylation is 1. The number of para-hydroxylation sites is 1. The number of aromatic hydroxyl groups is 1. The molecular formula is C37H44N2O6. The zero-order valence-corrected chi connectivity index (χ0v) is 26.3. The van der Waals surface area contributed by atoms with E-state index in [-0.39, 0.29) is 24.1 Å². The molecule has 1 atom stereocenters. The van der Waals surface area contributed by atoms with Crippen LogP contribution in [-0.4, -0.2) is 39.5 Å². The summed E-state index contributed by atoms with van der Waals surface area (Å²) >= 11 is 0. The molecule has 8 heteroatoms. The number of nitrogens with zero attached hydrogens (tertiary/aromatic N) is 1. The van der Waals surface area contributed by atoms with Crippen molar-refractivity contribution in [2.24, 2.45) is 0 Å². The second-order valence-corrected chi connectivity index (χ2v) is 11.5. The van der Waals surface area contributed by atoms with Gasteiger partial charge in [-0.2, -0.15) is 0 Å². The Labute approximate surface area is 265 Å². The molecule has 0 fully saturated rings. The van der Waals surface area contributed by atoms with Crippen molar-refractivity contribution in [2.75, 3.05) is 10.2 Å². The Hall–Kier alpha value is -4.40. The number of carbonyl (C=O) groups is 2. The third kappa shape index (κ3) is 9.06. The van der Waals surface area contributed by atoms with Crippen molar-refractivity contribution in [3.05, 3.63) is 95.6 Å². The van der Waals surface area contributed by atoms with Gasteiger partial charge in [0, 0.05) is 28.9 Å². The Morgan fingerprint density at radius 1 is 0.867 bits per heavy atom. The van der Waals surface area contributed by atoms with Gasteiger partial charge in [0.1, 0.15) is 17.6 Å². The van der Waals surface area contributed by atoms with Crippen LogP contribution in [0, 0.1) is 6.92 Å². The van der Waals surface area contributed by atoms with E-state index in [0.717, 1.165) is 30.4 Å². The molecule has 4 aromatic carbocycles. The molecule has 0 spiro atoms. The summed E-state index contributed by atoms with van der Waals surface area (Å²) in [5.74, 6) is 0.0328. The maximum Gasteiger partial charge on any atom is 0.255 e. The fourth-order valence-corrected chi connectivity index (χ4v) is 5.39. The van der Waals surface area contributed by atoms with Gasteiger partial charge in [-0.3, -0.25) is 9.59 Å². The molecule has 0 radical (unpaired) electrons. The topological polar surface area (TPSA) is 119 Å². The highest BCUT2D eigenvalue weighted by molar-refractivity contribution is 6.10. The molecule has 0 saturated heterocycles. The number of amides is 2. The minimum Gasteiger partial charge on any atom is -0.507 e. The number of carbonyl (C=O) groups excluding carboxylic acids is 2. The summed E-state index contributed by atoms with van der Waals surface area (Å²) in [4.78, 5) is 27.5. The van der Waals surface area contributed by atoms with Crippen LogP contribution in [0.15, 0.2) is 78.9 Å². The first-order valence-corrected chi connectivity index (χ1v) is 15.7. The van der Waals surface area contributed by atoms with Crippen molar-refractivity contribution in [3.8, 4) is 11.5 Å². The molecule has 238 valence electrons. The first kappa shape index (κ1) is 33.5. The van der Waals surface area contributed by atoms with E-state index < -0.39 is 12.4 Å². The number of ether oxygens (including phenoxy) is 1. The lowest BCUT2D eigenvalue weighted by atomic mass is 10.0. The average molecular weight is 613 g/mol. The summed E-state index contributed by atoms with van der Waals surface area (Å²) in [6, 6.07) is 23.0. The third-order valence-corrected chi connectivity index (χ3v) is 8.02. The number of hydrogen-bond donors (Lipinski definition) is 4. The first-order valence-electron chi connectivity index (χ1n) is 15.7. The van der Waals surface area contributed by atoms with Crippen LogP contribution in [-0.2, 0) is 11.3 Å². The van der Waals surface area contributed by atoms with E-state index in [2.05, 4.69) is 12.2 Å². The lowest BCUT2D eigenvalue weighted by Gasteiger charge is -2.24. The maximum absolute atomic E-state index is 13.0. The molecule has 8 nitrogen and oxygen atoms in total. The Morgan fingerprint density at radius 2 is 1.58 bits per heavy atom. The number of aliphatic hydroxyl groups excluding tert-OH is 1. The Balaban J connectivity index is 1.48. The number of benzene rings is 4. The molecule has 0 aliphatic carbocycles. The second-order valence-electron chi connectivity index (χ2n) is 11.5. The summed E-state index contributed by atoms with van der Waals surface area (Å²) < 4.78 is 5.90. The third-order valence-electron chi connectivity index (χ3n) is 8.02. The van der Waals surface area contributed by atoms with Gasteiger partial charge in [0.15, 0.2) is 6.29 Å². The van der Waals surface area contributed by atoms with Crippen LogP contribution in [0.25, 0.3) is 10.8 Å². The van der Waals surface area contributed by atoms with E-state index in [4.69, 9.17) is 4.74 Å². The van der Waals surface area contributed by atoms with Crippen molar-refractivity contribution in [3.63, 3.8) is 0 Å². The predicted octanol–water partition coefficient (Wildman–Crippen LogP) is 7.47. The summed E-state index contributed by atoms with van der Waals surface area (Å²) in [6.07, 6.45) is 4.85. The number of fused-ring (bicyclic) bond motifs is 1. The lowest BCUT2D eigenvalue weighted by molar-refractivity contribution is -0.116. The van der Waals surface area contributed by atoms with Crippen LogP contribution in [0.5, 0.6) is 11.5 Å². The number of rotatable bonds is 15. The van der Waals surface area contributed by atoms with Crippen LogP contribution < -0.4 is 15.0 Å². The lowest BCUT2D eigenvalue weighted by Crippen LogP contribution is -2.31. The van der Waals surface area contributed by atoms with Crippen LogP contribution >= 0.6 is 0 Å². The van der Waals surface area contributed by atoms with Gasteiger partial charge >= 0.3 is 0 Å². The number of anilines is 2. The normalized spacial score (nSPS) is 11.9. The quantitative estimate of drug-likeness (QED) is 0.0817. The molecule has 45 heavy (non-hydrogen) atoms. The molecule has 0 heterocycles. The van der Waals surface area contributed by atoms with Gasteiger partial charge in [-0.25, -0.2) is 0 Å². The van der Waals surface area contributed by atoms with E-state index in [1.807, 2.05) is 43.3 Å². The summed E-state index contributed by atoms with van der Waals surface area (Å²) in [7, 11) is 0. The number of hydrogen-bond acceptors (Lipinski definition) is 6. The molecule has 4 N–H and O–H groups in total. The highest BCUT2D eigenvalue weighted by Crippen LogP contribution is 2.35. The molecule has 0 bridgehead atoms. The van der Waals surface area contributed by atoms with Crippen LogP contribution in [0.3, 0.4) is 0 Å². The zero-order chi connectivity index (χ0) is 32.3. The molecule has 0 saturated carbocycles. The van der Waals surface area contributed by atoms with E-state index in [1.54, 1.807) is 41.3 Å². The first-order chi connectivity index (χ1) is 21.7. The van der Waals surface area contributed by atoms with Crippen LogP contribution in [0.1, 0.15) is 80.3 Å². The summed E-state index contributed by atoms with van der Waals surface area (Å²) in [5, 5.41) is 34.4. The molecule has 2 amide bonds. The number of phenolic OH excluding ortho intramolecular Hbond substituents is 1. The van der Waals surface area contributed by atoms with E-state index in [1.165, 1.54) is 32.3 Å². The molecule has 0 aliphatic rings. The standard InChI is InChI=1S/C37H44N2O6/c1-4-5-6-7-8-9-14-35(37(43)44)45-29-18-15-27(16-19-29)24-39(26(3)40)33-21-22-34(41)31-23-28(17-20-30(31)33)36(42)38-32-13-11-10-12-25(32)2/h10-13,15-23,35,37,41,43-44H,4-9,14,24H2,1-3H3,(H,38,42). The number of unbranched alkanes of at least 4 members (excludes halogenated alkanes) is 5. The SMILES string of the molecule is CCCCCCCCC(Oc1ccc(CN(C(C)=O)c2ccc(O)c3cc(C(=O)Nc4ccccc4C)ccc23)cc1)C(O)O. The largest absolute Gasteiger partial charge is 0.507 e. The van der Waals surface area contributed by atoms with Crippen molar-refractivity contribution < 1.29 is 29.6 Å². The fourth-order valence-electron chi connectivity index (χ4n) is 5.39. The van der Waals surface area contributed by atoms with Crippen LogP contribution in [0.4, 0.5) is 11.4 Å². The smallest absolute Gasteiger partial charge is 0.255 e. The molecule has 1 unspecified atom stereocenters. The monoisotopic (exact) mass is 612 g/mol. The fraction of sp³-hybridized carbons (Fsp3) is 0.351. The van der Waals surface area contributed by atoms with Crippen LogP contribution in [0.2, 0.25) is 0 Å². The van der Waals surface area contributed by atoms with Gasteiger partial charge in [0.05, 0.1) is 12.2 Å². The Bertz CT molecular complexity index is 1580.